The highest BCUT2D eigenvalue weighted by Gasteiger charge is 2.16. The van der Waals surface area contributed by atoms with Crippen LogP contribution in [0.3, 0.4) is 0 Å². The van der Waals surface area contributed by atoms with Gasteiger partial charge in [0.05, 0.1) is 10.5 Å². The Morgan fingerprint density at radius 1 is 1.00 bits per heavy atom. The fraction of sp³-hybridized carbons (Fsp3) is 0. The van der Waals surface area contributed by atoms with Gasteiger partial charge < -0.3 is 5.11 Å². The number of benzene rings is 2. The van der Waals surface area contributed by atoms with E-state index in [1.165, 1.54) is 24.3 Å². The molecule has 21 heavy (non-hydrogen) atoms. The van der Waals surface area contributed by atoms with E-state index in [9.17, 15) is 22.0 Å². The molecule has 0 saturated carbocycles. The molecule has 0 aromatic heterocycles. The number of hydrogen-bond acceptors (Lipinski definition) is 3. The lowest BCUT2D eigenvalue weighted by molar-refractivity contribution is 0.0697. The summed E-state index contributed by atoms with van der Waals surface area (Å²) in [4.78, 5) is 10.2. The molecule has 8 heteroatoms. The molecule has 0 unspecified atom stereocenters. The van der Waals surface area contributed by atoms with Gasteiger partial charge >= 0.3 is 5.97 Å². The summed E-state index contributed by atoms with van der Waals surface area (Å²) in [5, 5.41) is 8.73. The van der Waals surface area contributed by atoms with E-state index in [-0.39, 0.29) is 11.3 Å². The molecule has 0 spiro atoms. The lowest BCUT2D eigenvalue weighted by atomic mass is 10.2. The summed E-state index contributed by atoms with van der Waals surface area (Å²) >= 11 is 0. The van der Waals surface area contributed by atoms with Gasteiger partial charge in [-0.1, -0.05) is 0 Å². The number of aromatic carboxylic acids is 1. The monoisotopic (exact) mass is 313 g/mol. The van der Waals surface area contributed by atoms with Crippen LogP contribution in [-0.2, 0) is 10.0 Å². The maximum absolute atomic E-state index is 13.1. The van der Waals surface area contributed by atoms with E-state index in [1.807, 2.05) is 0 Å². The van der Waals surface area contributed by atoms with Crippen LogP contribution in [0.25, 0.3) is 0 Å². The highest BCUT2D eigenvalue weighted by atomic mass is 32.2. The maximum atomic E-state index is 13.1. The summed E-state index contributed by atoms with van der Waals surface area (Å²) in [5.41, 5.74) is 0.0931. The second-order valence-electron chi connectivity index (χ2n) is 4.06. The number of sulfonamides is 1. The van der Waals surface area contributed by atoms with E-state index in [1.54, 1.807) is 0 Å². The summed E-state index contributed by atoms with van der Waals surface area (Å²) in [7, 11) is -4.09. The Morgan fingerprint density at radius 3 is 2.14 bits per heavy atom. The first-order chi connectivity index (χ1) is 9.79. The predicted molar refractivity (Wildman–Crippen MR) is 70.6 cm³/mol. The molecule has 2 rings (SSSR count). The van der Waals surface area contributed by atoms with Gasteiger partial charge in [-0.2, -0.15) is 0 Å². The van der Waals surface area contributed by atoms with Gasteiger partial charge in [-0.25, -0.2) is 22.0 Å². The molecule has 0 aliphatic rings. The highest BCUT2D eigenvalue weighted by Crippen LogP contribution is 2.18. The predicted octanol–water partition coefficient (Wildman–Crippen LogP) is 2.46. The van der Waals surface area contributed by atoms with Crippen LogP contribution in [0.5, 0.6) is 0 Å². The van der Waals surface area contributed by atoms with Gasteiger partial charge in [0, 0.05) is 5.69 Å². The molecular formula is C13H9F2NO4S. The lowest BCUT2D eigenvalue weighted by Crippen LogP contribution is -2.13. The SMILES string of the molecule is O=C(O)c1ccc(NS(=O)(=O)c2ccc(F)c(F)c2)cc1. The van der Waals surface area contributed by atoms with Crippen molar-refractivity contribution in [2.24, 2.45) is 0 Å². The number of carbonyl (C=O) groups is 1. The van der Waals surface area contributed by atoms with Crippen molar-refractivity contribution in [1.82, 2.24) is 0 Å². The molecule has 0 fully saturated rings. The summed E-state index contributed by atoms with van der Waals surface area (Å²) in [6.07, 6.45) is 0. The Hall–Kier alpha value is -2.48. The van der Waals surface area contributed by atoms with E-state index in [0.29, 0.717) is 12.1 Å². The summed E-state index contributed by atoms with van der Waals surface area (Å²) in [6, 6.07) is 7.12. The quantitative estimate of drug-likeness (QED) is 0.908. The summed E-state index contributed by atoms with van der Waals surface area (Å²) in [6.45, 7) is 0. The number of carboxylic acid groups (broad SMARTS) is 1. The van der Waals surface area contributed by atoms with Crippen LogP contribution in [0.2, 0.25) is 0 Å². The standard InChI is InChI=1S/C13H9F2NO4S/c14-11-6-5-10(7-12(11)15)21(19,20)16-9-3-1-8(2-4-9)13(17)18/h1-7,16H,(H,17,18). The van der Waals surface area contributed by atoms with Crippen LogP contribution in [-0.4, -0.2) is 19.5 Å². The number of hydrogen-bond donors (Lipinski definition) is 2. The molecule has 0 saturated heterocycles. The number of halogens is 2. The van der Waals surface area contributed by atoms with Crippen molar-refractivity contribution < 1.29 is 27.1 Å². The number of rotatable bonds is 4. The summed E-state index contributed by atoms with van der Waals surface area (Å²) in [5.74, 6) is -3.58. The second kappa shape index (κ2) is 5.49. The van der Waals surface area contributed by atoms with Crippen molar-refractivity contribution in [3.05, 3.63) is 59.7 Å². The Morgan fingerprint density at radius 2 is 1.62 bits per heavy atom. The fourth-order valence-electron chi connectivity index (χ4n) is 1.54. The van der Waals surface area contributed by atoms with E-state index < -0.39 is 32.5 Å². The van der Waals surface area contributed by atoms with Gasteiger partial charge in [0.1, 0.15) is 0 Å². The zero-order valence-corrected chi connectivity index (χ0v) is 11.2. The molecule has 5 nitrogen and oxygen atoms in total. The number of nitrogens with one attached hydrogen (secondary N) is 1. The first kappa shape index (κ1) is 14.9. The highest BCUT2D eigenvalue weighted by molar-refractivity contribution is 7.92. The largest absolute Gasteiger partial charge is 0.478 e. The first-order valence-corrected chi connectivity index (χ1v) is 7.09. The molecule has 0 radical (unpaired) electrons. The minimum atomic E-state index is -4.09. The number of carboxylic acids is 1. The zero-order chi connectivity index (χ0) is 15.6. The third kappa shape index (κ3) is 3.34. The van der Waals surface area contributed by atoms with Crippen LogP contribution in [0, 0.1) is 11.6 Å². The minimum absolute atomic E-state index is 0.00854. The molecule has 0 aliphatic heterocycles. The fourth-order valence-corrected chi connectivity index (χ4v) is 2.61. The number of anilines is 1. The molecule has 2 aromatic rings. The average Bonchev–Trinajstić information content (AvgIpc) is 2.42. The van der Waals surface area contributed by atoms with Crippen molar-refractivity contribution in [2.75, 3.05) is 4.72 Å². The van der Waals surface area contributed by atoms with Crippen LogP contribution < -0.4 is 4.72 Å². The zero-order valence-electron chi connectivity index (χ0n) is 10.4. The smallest absolute Gasteiger partial charge is 0.335 e. The van der Waals surface area contributed by atoms with E-state index >= 15 is 0 Å². The molecule has 110 valence electrons. The Labute approximate surface area is 118 Å². The van der Waals surface area contributed by atoms with Gasteiger partial charge in [-0.15, -0.1) is 0 Å². The van der Waals surface area contributed by atoms with Gasteiger partial charge in [-0.3, -0.25) is 4.72 Å². The average molecular weight is 313 g/mol. The van der Waals surface area contributed by atoms with E-state index in [0.717, 1.165) is 6.07 Å². The van der Waals surface area contributed by atoms with Crippen LogP contribution in [0.1, 0.15) is 10.4 Å². The molecule has 2 aromatic carbocycles. The molecule has 0 aliphatic carbocycles. The van der Waals surface area contributed by atoms with Gasteiger partial charge in [-0.05, 0) is 42.5 Å². The Bertz CT molecular complexity index is 788. The van der Waals surface area contributed by atoms with E-state index in [2.05, 4.69) is 4.72 Å². The third-order valence-corrected chi connectivity index (χ3v) is 3.96. The molecule has 0 atom stereocenters. The van der Waals surface area contributed by atoms with Crippen molar-refractivity contribution in [2.45, 2.75) is 4.90 Å². The van der Waals surface area contributed by atoms with Gasteiger partial charge in [0.15, 0.2) is 11.6 Å². The van der Waals surface area contributed by atoms with Gasteiger partial charge in [0.2, 0.25) is 0 Å². The molecule has 0 heterocycles. The molecule has 0 bridgehead atoms. The van der Waals surface area contributed by atoms with Crippen molar-refractivity contribution >= 4 is 21.7 Å². The van der Waals surface area contributed by atoms with Crippen molar-refractivity contribution in [3.8, 4) is 0 Å². The van der Waals surface area contributed by atoms with Crippen LogP contribution in [0.15, 0.2) is 47.4 Å². The Balaban J connectivity index is 2.28. The van der Waals surface area contributed by atoms with Crippen LogP contribution in [0.4, 0.5) is 14.5 Å². The topological polar surface area (TPSA) is 83.5 Å². The normalized spacial score (nSPS) is 11.1. The second-order valence-corrected chi connectivity index (χ2v) is 5.75. The van der Waals surface area contributed by atoms with Crippen molar-refractivity contribution in [1.29, 1.82) is 0 Å². The van der Waals surface area contributed by atoms with Crippen LogP contribution >= 0.6 is 0 Å². The molecule has 2 N–H and O–H groups in total. The first-order valence-electron chi connectivity index (χ1n) is 5.61. The lowest BCUT2D eigenvalue weighted by Gasteiger charge is -2.08. The molecular weight excluding hydrogens is 304 g/mol. The minimum Gasteiger partial charge on any atom is -0.478 e. The summed E-state index contributed by atoms with van der Waals surface area (Å²) < 4.78 is 51.9. The van der Waals surface area contributed by atoms with Crippen molar-refractivity contribution in [3.63, 3.8) is 0 Å². The Kier molecular flexibility index (Phi) is 3.90. The third-order valence-electron chi connectivity index (χ3n) is 2.59. The van der Waals surface area contributed by atoms with Gasteiger partial charge in [0.25, 0.3) is 10.0 Å². The molecule has 0 amide bonds. The van der Waals surface area contributed by atoms with E-state index in [4.69, 9.17) is 5.11 Å². The maximum Gasteiger partial charge on any atom is 0.335 e.